The first kappa shape index (κ1) is 20.0. The monoisotopic (exact) mass is 388 g/mol. The van der Waals surface area contributed by atoms with Crippen LogP contribution >= 0.6 is 0 Å². The highest BCUT2D eigenvalue weighted by Crippen LogP contribution is 2.15. The molecule has 150 valence electrons. The molecule has 0 radical (unpaired) electrons. The summed E-state index contributed by atoms with van der Waals surface area (Å²) in [4.78, 5) is 32.9. The molecule has 3 rings (SSSR count). The van der Waals surface area contributed by atoms with E-state index in [2.05, 4.69) is 23.8 Å². The molecule has 28 heavy (non-hydrogen) atoms. The number of quaternary nitrogens is 1. The Hall–Kier alpha value is -2.74. The zero-order valence-corrected chi connectivity index (χ0v) is 16.6. The average molecular weight is 388 g/mol. The number of aromatic amines is 1. The van der Waals surface area contributed by atoms with E-state index in [0.717, 1.165) is 25.9 Å². The molecule has 0 aliphatic rings. The van der Waals surface area contributed by atoms with Gasteiger partial charge in [0.2, 0.25) is 0 Å². The molecule has 0 aliphatic heterocycles. The van der Waals surface area contributed by atoms with Crippen LogP contribution in [0.25, 0.3) is 11.2 Å². The van der Waals surface area contributed by atoms with Gasteiger partial charge in [0.15, 0.2) is 17.0 Å². The van der Waals surface area contributed by atoms with Crippen LogP contribution < -0.4 is 16.1 Å². The van der Waals surface area contributed by atoms with E-state index in [0.29, 0.717) is 29.1 Å². The van der Waals surface area contributed by atoms with Crippen LogP contribution in [-0.2, 0) is 20.1 Å². The Morgan fingerprint density at radius 3 is 2.46 bits per heavy atom. The molecule has 8 heteroatoms. The van der Waals surface area contributed by atoms with E-state index in [1.54, 1.807) is 29.8 Å². The topological polar surface area (TPSA) is 77.1 Å². The maximum absolute atomic E-state index is 14.3. The van der Waals surface area contributed by atoms with Crippen LogP contribution in [0.4, 0.5) is 4.39 Å². The van der Waals surface area contributed by atoms with Crippen molar-refractivity contribution >= 4 is 11.2 Å². The minimum atomic E-state index is -0.508. The molecule has 0 spiro atoms. The van der Waals surface area contributed by atoms with Crippen LogP contribution in [0, 0.1) is 5.82 Å². The Labute approximate surface area is 162 Å². The fourth-order valence-electron chi connectivity index (χ4n) is 3.61. The molecule has 1 aromatic carbocycles. The van der Waals surface area contributed by atoms with Crippen molar-refractivity contribution in [1.82, 2.24) is 19.1 Å². The zero-order valence-electron chi connectivity index (χ0n) is 16.6. The van der Waals surface area contributed by atoms with Gasteiger partial charge in [-0.2, -0.15) is 0 Å². The molecular formula is C20H27FN5O2+. The van der Waals surface area contributed by atoms with E-state index in [1.165, 1.54) is 15.5 Å². The average Bonchev–Trinajstić information content (AvgIpc) is 3.01. The summed E-state index contributed by atoms with van der Waals surface area (Å²) in [5.41, 5.74) is 0.0932. The Kier molecular flexibility index (Phi) is 6.08. The van der Waals surface area contributed by atoms with Crippen LogP contribution in [0.1, 0.15) is 38.1 Å². The van der Waals surface area contributed by atoms with E-state index in [4.69, 9.17) is 0 Å². The number of hydrogen-bond acceptors (Lipinski definition) is 3. The van der Waals surface area contributed by atoms with Crippen LogP contribution in [0.5, 0.6) is 0 Å². The lowest BCUT2D eigenvalue weighted by Crippen LogP contribution is -3.10. The molecule has 2 N–H and O–H groups in total. The van der Waals surface area contributed by atoms with E-state index >= 15 is 0 Å². The summed E-state index contributed by atoms with van der Waals surface area (Å²) in [7, 11) is 1.58. The van der Waals surface area contributed by atoms with Crippen molar-refractivity contribution in [3.8, 4) is 0 Å². The molecule has 0 unspecified atom stereocenters. The van der Waals surface area contributed by atoms with Crippen LogP contribution in [-0.4, -0.2) is 32.2 Å². The summed E-state index contributed by atoms with van der Waals surface area (Å²) in [5.74, 6) is 0.352. The highest BCUT2D eigenvalue weighted by atomic mass is 19.1. The Morgan fingerprint density at radius 1 is 1.14 bits per heavy atom. The molecule has 0 amide bonds. The number of H-pyrrole nitrogens is 1. The number of aryl methyl sites for hydroxylation is 1. The first-order valence-electron chi connectivity index (χ1n) is 9.71. The van der Waals surface area contributed by atoms with E-state index in [1.807, 2.05) is 0 Å². The number of imidazole rings is 1. The molecule has 0 fully saturated rings. The van der Waals surface area contributed by atoms with Gasteiger partial charge in [-0.15, -0.1) is 0 Å². The molecule has 0 aliphatic carbocycles. The summed E-state index contributed by atoms with van der Waals surface area (Å²) < 4.78 is 17.4. The summed E-state index contributed by atoms with van der Waals surface area (Å²) in [5, 5.41) is 0. The van der Waals surface area contributed by atoms with E-state index in [-0.39, 0.29) is 12.4 Å². The predicted molar refractivity (Wildman–Crippen MR) is 106 cm³/mol. The van der Waals surface area contributed by atoms with Gasteiger partial charge < -0.3 is 9.47 Å². The van der Waals surface area contributed by atoms with Crippen LogP contribution in [0.3, 0.4) is 0 Å². The normalized spacial score (nSPS) is 11.6. The smallest absolute Gasteiger partial charge is 0.329 e. The quantitative estimate of drug-likeness (QED) is 0.600. The molecule has 0 saturated heterocycles. The van der Waals surface area contributed by atoms with Gasteiger partial charge in [-0.1, -0.05) is 32.0 Å². The minimum absolute atomic E-state index is 0.186. The molecule has 2 heterocycles. The molecule has 0 saturated carbocycles. The van der Waals surface area contributed by atoms with Gasteiger partial charge >= 0.3 is 5.69 Å². The summed E-state index contributed by atoms with van der Waals surface area (Å²) in [6.07, 6.45) is 2.06. The van der Waals surface area contributed by atoms with Crippen molar-refractivity contribution in [3.05, 3.63) is 62.3 Å². The molecule has 0 bridgehead atoms. The van der Waals surface area contributed by atoms with Crippen molar-refractivity contribution in [2.45, 2.75) is 39.8 Å². The minimum Gasteiger partial charge on any atom is -0.329 e. The number of rotatable bonds is 8. The summed E-state index contributed by atoms with van der Waals surface area (Å²) in [6.45, 7) is 7.01. The third-order valence-electron chi connectivity index (χ3n) is 4.99. The lowest BCUT2D eigenvalue weighted by Gasteiger charge is -2.18. The third kappa shape index (κ3) is 3.91. The Morgan fingerprint density at radius 2 is 1.82 bits per heavy atom. The second kappa shape index (κ2) is 8.52. The summed E-state index contributed by atoms with van der Waals surface area (Å²) >= 11 is 0. The van der Waals surface area contributed by atoms with Gasteiger partial charge in [-0.05, 0) is 18.9 Å². The molecule has 0 atom stereocenters. The van der Waals surface area contributed by atoms with Crippen molar-refractivity contribution in [2.75, 3.05) is 13.1 Å². The van der Waals surface area contributed by atoms with Crippen molar-refractivity contribution in [2.24, 2.45) is 7.05 Å². The summed E-state index contributed by atoms with van der Waals surface area (Å²) in [6, 6.07) is 6.50. The number of hydrogen-bond donors (Lipinski definition) is 2. The molecule has 2 aromatic heterocycles. The van der Waals surface area contributed by atoms with Crippen molar-refractivity contribution < 1.29 is 9.29 Å². The second-order valence-corrected chi connectivity index (χ2v) is 7.12. The number of fused-ring (bicyclic) bond motifs is 1. The van der Waals surface area contributed by atoms with Crippen LogP contribution in [0.15, 0.2) is 33.9 Å². The number of halogens is 1. The predicted octanol–water partition coefficient (Wildman–Crippen LogP) is 0.816. The molecule has 7 nitrogen and oxygen atoms in total. The SMILES string of the molecule is CCC[NH+](CCC)Cc1nc2c(c(=O)[nH]c(=O)n2C)n1Cc1ccccc1F. The number of benzene rings is 1. The Bertz CT molecular complexity index is 1080. The van der Waals surface area contributed by atoms with E-state index < -0.39 is 11.2 Å². The van der Waals surface area contributed by atoms with Gasteiger partial charge in [0.25, 0.3) is 5.56 Å². The number of aromatic nitrogens is 4. The Balaban J connectivity index is 2.17. The van der Waals surface area contributed by atoms with Gasteiger partial charge in [0, 0.05) is 12.6 Å². The van der Waals surface area contributed by atoms with E-state index in [9.17, 15) is 14.0 Å². The van der Waals surface area contributed by atoms with Crippen molar-refractivity contribution in [1.29, 1.82) is 0 Å². The highest BCUT2D eigenvalue weighted by molar-refractivity contribution is 5.71. The van der Waals surface area contributed by atoms with Crippen LogP contribution in [0.2, 0.25) is 0 Å². The maximum atomic E-state index is 14.3. The second-order valence-electron chi connectivity index (χ2n) is 7.12. The molecular weight excluding hydrogens is 361 g/mol. The maximum Gasteiger partial charge on any atom is 0.329 e. The van der Waals surface area contributed by atoms with Crippen molar-refractivity contribution in [3.63, 3.8) is 0 Å². The van der Waals surface area contributed by atoms with Gasteiger partial charge in [-0.3, -0.25) is 14.3 Å². The van der Waals surface area contributed by atoms with Gasteiger partial charge in [0.1, 0.15) is 12.4 Å². The van der Waals surface area contributed by atoms with Gasteiger partial charge in [0.05, 0.1) is 19.6 Å². The fraction of sp³-hybridized carbons (Fsp3) is 0.450. The fourth-order valence-corrected chi connectivity index (χ4v) is 3.61. The molecule has 3 aromatic rings. The highest BCUT2D eigenvalue weighted by Gasteiger charge is 2.21. The third-order valence-corrected chi connectivity index (χ3v) is 4.99. The first-order valence-corrected chi connectivity index (χ1v) is 9.71. The zero-order chi connectivity index (χ0) is 20.3. The first-order chi connectivity index (χ1) is 13.5. The lowest BCUT2D eigenvalue weighted by atomic mass is 10.2. The standard InChI is InChI=1S/C20H26FN5O2/c1-4-10-25(11-5-2)13-16-22-18-17(19(27)23-20(28)24(18)3)26(16)12-14-8-6-7-9-15(14)21/h6-9H,4-5,10-13H2,1-3H3,(H,23,27,28)/p+1. The lowest BCUT2D eigenvalue weighted by molar-refractivity contribution is -0.914. The largest absolute Gasteiger partial charge is 0.329 e. The number of nitrogens with zero attached hydrogens (tertiary/aromatic N) is 3. The van der Waals surface area contributed by atoms with Gasteiger partial charge in [-0.25, -0.2) is 14.2 Å². The number of nitrogens with one attached hydrogen (secondary N) is 2.